The van der Waals surface area contributed by atoms with Crippen LogP contribution in [-0.2, 0) is 0 Å². The van der Waals surface area contributed by atoms with E-state index in [2.05, 4.69) is 20.9 Å². The lowest BCUT2D eigenvalue weighted by Crippen LogP contribution is -1.82. The molecule has 2 aromatic rings. The molecule has 2 rings (SSSR count). The maximum Gasteiger partial charge on any atom is 0.211 e. The molecule has 0 unspecified atom stereocenters. The second-order valence-electron chi connectivity index (χ2n) is 2.63. The van der Waals surface area contributed by atoms with E-state index in [1.807, 2.05) is 0 Å². The molecule has 0 bridgehead atoms. The smallest absolute Gasteiger partial charge is 0.211 e. The lowest BCUT2D eigenvalue weighted by Gasteiger charge is -2.01. The van der Waals surface area contributed by atoms with Gasteiger partial charge in [0.2, 0.25) is 5.88 Å². The molecule has 0 aliphatic heterocycles. The number of fused-ring (bicyclic) bond motifs is 1. The van der Waals surface area contributed by atoms with Crippen molar-refractivity contribution in [2.45, 2.75) is 0 Å². The predicted molar refractivity (Wildman–Crippen MR) is 51.1 cm³/mol. The second-order valence-corrected chi connectivity index (χ2v) is 3.42. The number of hydrogen-bond donors (Lipinski definition) is 1. The summed E-state index contributed by atoms with van der Waals surface area (Å²) in [6, 6.07) is 4.42. The maximum absolute atomic E-state index is 13.0. The van der Waals surface area contributed by atoms with E-state index in [-0.39, 0.29) is 11.7 Å². The van der Waals surface area contributed by atoms with Gasteiger partial charge in [-0.25, -0.2) is 9.37 Å². The number of nitrogens with zero attached hydrogens (tertiary/aromatic N) is 1. The first kappa shape index (κ1) is 8.44. The zero-order chi connectivity index (χ0) is 9.42. The second kappa shape index (κ2) is 2.96. The van der Waals surface area contributed by atoms with Crippen molar-refractivity contribution in [1.29, 1.82) is 0 Å². The first-order valence-electron chi connectivity index (χ1n) is 3.61. The summed E-state index contributed by atoms with van der Waals surface area (Å²) in [4.78, 5) is 3.67. The molecule has 0 aliphatic rings. The molecule has 0 saturated heterocycles. The molecule has 0 spiro atoms. The van der Waals surface area contributed by atoms with Crippen LogP contribution in [0, 0.1) is 5.82 Å². The van der Waals surface area contributed by atoms with Crippen LogP contribution in [0.2, 0.25) is 0 Å². The number of benzene rings is 1. The minimum absolute atomic E-state index is 0.0639. The molecule has 66 valence electrons. The zero-order valence-corrected chi connectivity index (χ0v) is 8.05. The minimum atomic E-state index is -0.333. The van der Waals surface area contributed by atoms with Gasteiger partial charge in [-0.15, -0.1) is 0 Å². The predicted octanol–water partition coefficient (Wildman–Crippen LogP) is 2.84. The Bertz CT molecular complexity index is 472. The average Bonchev–Trinajstić information content (AvgIpc) is 2.12. The highest BCUT2D eigenvalue weighted by Crippen LogP contribution is 2.27. The Balaban J connectivity index is 2.87. The van der Waals surface area contributed by atoms with Crippen LogP contribution in [0.25, 0.3) is 10.8 Å². The van der Waals surface area contributed by atoms with E-state index in [0.29, 0.717) is 9.86 Å². The molecule has 13 heavy (non-hydrogen) atoms. The summed E-state index contributed by atoms with van der Waals surface area (Å²) in [7, 11) is 0. The number of hydrogen-bond acceptors (Lipinski definition) is 2. The van der Waals surface area contributed by atoms with E-state index in [9.17, 15) is 4.39 Å². The van der Waals surface area contributed by atoms with E-state index in [0.717, 1.165) is 5.39 Å². The highest BCUT2D eigenvalue weighted by atomic mass is 79.9. The third-order valence-electron chi connectivity index (χ3n) is 1.78. The van der Waals surface area contributed by atoms with E-state index in [1.54, 1.807) is 6.07 Å². The van der Waals surface area contributed by atoms with Gasteiger partial charge < -0.3 is 5.11 Å². The Morgan fingerprint density at radius 2 is 2.15 bits per heavy atom. The van der Waals surface area contributed by atoms with Gasteiger partial charge in [-0.1, -0.05) is 6.07 Å². The molecule has 0 aliphatic carbocycles. The molecular weight excluding hydrogens is 237 g/mol. The van der Waals surface area contributed by atoms with Gasteiger partial charge in [-0.05, 0) is 27.4 Å². The van der Waals surface area contributed by atoms with Crippen LogP contribution in [0.3, 0.4) is 0 Å². The average molecular weight is 242 g/mol. The summed E-state index contributed by atoms with van der Waals surface area (Å²) in [5.74, 6) is -0.397. The highest BCUT2D eigenvalue weighted by molar-refractivity contribution is 9.10. The maximum atomic E-state index is 13.0. The summed E-state index contributed by atoms with van der Waals surface area (Å²) in [5.41, 5.74) is 0. The fourth-order valence-corrected chi connectivity index (χ4v) is 1.61. The van der Waals surface area contributed by atoms with Crippen molar-refractivity contribution in [2.24, 2.45) is 0 Å². The van der Waals surface area contributed by atoms with Crippen LogP contribution >= 0.6 is 15.9 Å². The number of aromatic nitrogens is 1. The summed E-state index contributed by atoms with van der Waals surface area (Å²) in [6.07, 6.45) is 1.43. The van der Waals surface area contributed by atoms with Crippen LogP contribution in [0.15, 0.2) is 28.9 Å². The van der Waals surface area contributed by atoms with E-state index in [4.69, 9.17) is 5.11 Å². The third-order valence-corrected chi connectivity index (χ3v) is 2.58. The SMILES string of the molecule is Oc1cc2ccc(F)c(Br)c2cn1. The quantitative estimate of drug-likeness (QED) is 0.770. The molecule has 1 heterocycles. The van der Waals surface area contributed by atoms with E-state index in [1.165, 1.54) is 18.3 Å². The van der Waals surface area contributed by atoms with E-state index >= 15 is 0 Å². The Morgan fingerprint density at radius 1 is 1.38 bits per heavy atom. The van der Waals surface area contributed by atoms with Crippen LogP contribution in [0.4, 0.5) is 4.39 Å². The Hall–Kier alpha value is -1.16. The number of aromatic hydroxyl groups is 1. The first-order valence-corrected chi connectivity index (χ1v) is 4.40. The van der Waals surface area contributed by atoms with Crippen molar-refractivity contribution in [3.05, 3.63) is 34.7 Å². The molecule has 0 saturated carbocycles. The molecule has 1 aromatic carbocycles. The lowest BCUT2D eigenvalue weighted by molar-refractivity contribution is 0.454. The monoisotopic (exact) mass is 241 g/mol. The first-order chi connectivity index (χ1) is 6.18. The van der Waals surface area contributed by atoms with Gasteiger partial charge in [0.1, 0.15) is 5.82 Å². The molecule has 0 fully saturated rings. The summed E-state index contributed by atoms with van der Waals surface area (Å²) in [6.45, 7) is 0. The third kappa shape index (κ3) is 1.37. The van der Waals surface area contributed by atoms with Crippen molar-refractivity contribution in [2.75, 3.05) is 0 Å². The number of rotatable bonds is 0. The normalized spacial score (nSPS) is 10.6. The van der Waals surface area contributed by atoms with Crippen LogP contribution in [0.1, 0.15) is 0 Å². The van der Waals surface area contributed by atoms with Crippen molar-refractivity contribution in [3.63, 3.8) is 0 Å². The molecule has 4 heteroatoms. The lowest BCUT2D eigenvalue weighted by atomic mass is 10.2. The van der Waals surface area contributed by atoms with Crippen molar-refractivity contribution >= 4 is 26.7 Å². The minimum Gasteiger partial charge on any atom is -0.493 e. The number of pyridine rings is 1. The highest BCUT2D eigenvalue weighted by Gasteiger charge is 2.04. The van der Waals surface area contributed by atoms with Crippen molar-refractivity contribution in [1.82, 2.24) is 4.98 Å². The standard InChI is InChI=1S/C9H5BrFNO/c10-9-6-4-12-8(13)3-5(6)1-2-7(9)11/h1-4H,(H,12,13). The Labute approximate surface area is 82.2 Å². The van der Waals surface area contributed by atoms with Gasteiger partial charge in [-0.2, -0.15) is 0 Å². The van der Waals surface area contributed by atoms with E-state index < -0.39 is 0 Å². The fraction of sp³-hybridized carbons (Fsp3) is 0. The van der Waals surface area contributed by atoms with Crippen LogP contribution in [-0.4, -0.2) is 10.1 Å². The largest absolute Gasteiger partial charge is 0.493 e. The molecule has 1 N–H and O–H groups in total. The Morgan fingerprint density at radius 3 is 2.92 bits per heavy atom. The molecule has 2 nitrogen and oxygen atoms in total. The van der Waals surface area contributed by atoms with Gasteiger partial charge in [0, 0.05) is 17.6 Å². The molecular formula is C9H5BrFNO. The van der Waals surface area contributed by atoms with Crippen LogP contribution in [0.5, 0.6) is 5.88 Å². The molecule has 0 amide bonds. The van der Waals surface area contributed by atoms with Crippen LogP contribution < -0.4 is 0 Å². The number of halogens is 2. The van der Waals surface area contributed by atoms with Gasteiger partial charge >= 0.3 is 0 Å². The molecule has 1 aromatic heterocycles. The zero-order valence-electron chi connectivity index (χ0n) is 6.46. The van der Waals surface area contributed by atoms with Gasteiger partial charge in [0.15, 0.2) is 0 Å². The van der Waals surface area contributed by atoms with Gasteiger partial charge in [0.05, 0.1) is 4.47 Å². The van der Waals surface area contributed by atoms with Crippen molar-refractivity contribution in [3.8, 4) is 5.88 Å². The van der Waals surface area contributed by atoms with Crippen molar-refractivity contribution < 1.29 is 9.50 Å². The molecule has 0 atom stereocenters. The summed E-state index contributed by atoms with van der Waals surface area (Å²) >= 11 is 3.11. The fourth-order valence-electron chi connectivity index (χ4n) is 1.15. The summed E-state index contributed by atoms with van der Waals surface area (Å²) < 4.78 is 13.4. The van der Waals surface area contributed by atoms with Gasteiger partial charge in [-0.3, -0.25) is 0 Å². The summed E-state index contributed by atoms with van der Waals surface area (Å²) in [5, 5.41) is 10.5. The topological polar surface area (TPSA) is 33.1 Å². The molecule has 0 radical (unpaired) electrons. The Kier molecular flexibility index (Phi) is 1.92. The van der Waals surface area contributed by atoms with Gasteiger partial charge in [0.25, 0.3) is 0 Å².